The lowest BCUT2D eigenvalue weighted by molar-refractivity contribution is -0.144. The van der Waals surface area contributed by atoms with Crippen molar-refractivity contribution in [1.82, 2.24) is 0 Å². The fourth-order valence-corrected chi connectivity index (χ4v) is 2.09. The van der Waals surface area contributed by atoms with Crippen LogP contribution in [0.1, 0.15) is 12.8 Å². The summed E-state index contributed by atoms with van der Waals surface area (Å²) >= 11 is 0. The lowest BCUT2D eigenvalue weighted by Crippen LogP contribution is -2.43. The van der Waals surface area contributed by atoms with Gasteiger partial charge in [0.15, 0.2) is 0 Å². The molecule has 0 radical (unpaired) electrons. The Labute approximate surface area is 106 Å². The molecular formula is C13H17NO4. The van der Waals surface area contributed by atoms with Crippen molar-refractivity contribution < 1.29 is 19.4 Å². The Morgan fingerprint density at radius 3 is 2.61 bits per heavy atom. The molecule has 1 saturated carbocycles. The molecule has 1 aliphatic carbocycles. The molecule has 18 heavy (non-hydrogen) atoms. The molecule has 0 bridgehead atoms. The molecule has 2 atom stereocenters. The maximum absolute atomic E-state index is 10.9. The molecule has 1 aliphatic rings. The molecule has 5 heteroatoms. The van der Waals surface area contributed by atoms with Gasteiger partial charge in [-0.3, -0.25) is 4.79 Å². The van der Waals surface area contributed by atoms with Gasteiger partial charge in [0.25, 0.3) is 0 Å². The predicted molar refractivity (Wildman–Crippen MR) is 67.3 cm³/mol. The molecule has 0 aliphatic heterocycles. The van der Waals surface area contributed by atoms with Crippen molar-refractivity contribution in [2.45, 2.75) is 18.9 Å². The number of hydrogen-bond donors (Lipinski definition) is 2. The minimum Gasteiger partial charge on any atom is -0.497 e. The van der Waals surface area contributed by atoms with Gasteiger partial charge in [0.05, 0.1) is 25.8 Å². The van der Waals surface area contributed by atoms with Gasteiger partial charge >= 0.3 is 5.97 Å². The first-order valence-corrected chi connectivity index (χ1v) is 5.87. The highest BCUT2D eigenvalue weighted by atomic mass is 16.5. The number of rotatable bonds is 5. The van der Waals surface area contributed by atoms with E-state index >= 15 is 0 Å². The Morgan fingerprint density at radius 1 is 1.33 bits per heavy atom. The van der Waals surface area contributed by atoms with Crippen molar-refractivity contribution in [3.63, 3.8) is 0 Å². The molecule has 98 valence electrons. The van der Waals surface area contributed by atoms with Crippen molar-refractivity contribution in [2.75, 3.05) is 19.5 Å². The average Bonchev–Trinajstić information content (AvgIpc) is 2.33. The Kier molecular flexibility index (Phi) is 3.60. The van der Waals surface area contributed by atoms with E-state index in [1.165, 1.54) is 0 Å². The van der Waals surface area contributed by atoms with E-state index in [4.69, 9.17) is 14.6 Å². The third-order valence-corrected chi connectivity index (χ3v) is 3.34. The monoisotopic (exact) mass is 251 g/mol. The number of carboxylic acid groups (broad SMARTS) is 1. The summed E-state index contributed by atoms with van der Waals surface area (Å²) in [4.78, 5) is 10.9. The third kappa shape index (κ3) is 2.34. The Morgan fingerprint density at radius 2 is 2.11 bits per heavy atom. The van der Waals surface area contributed by atoms with Gasteiger partial charge in [-0.15, -0.1) is 0 Å². The summed E-state index contributed by atoms with van der Waals surface area (Å²) in [7, 11) is 3.17. The van der Waals surface area contributed by atoms with E-state index in [1.54, 1.807) is 20.3 Å². The van der Waals surface area contributed by atoms with Crippen LogP contribution < -0.4 is 14.8 Å². The maximum atomic E-state index is 10.9. The van der Waals surface area contributed by atoms with Crippen LogP contribution in [0.25, 0.3) is 0 Å². The maximum Gasteiger partial charge on any atom is 0.308 e. The molecule has 1 aromatic carbocycles. The summed E-state index contributed by atoms with van der Waals surface area (Å²) in [5.41, 5.74) is 0.800. The number of nitrogens with one attached hydrogen (secondary N) is 1. The summed E-state index contributed by atoms with van der Waals surface area (Å²) in [5.74, 6) is 0.314. The van der Waals surface area contributed by atoms with E-state index in [0.717, 1.165) is 18.5 Å². The molecule has 0 aromatic heterocycles. The van der Waals surface area contributed by atoms with Crippen LogP contribution in [-0.4, -0.2) is 31.3 Å². The summed E-state index contributed by atoms with van der Waals surface area (Å²) in [6.45, 7) is 0. The zero-order chi connectivity index (χ0) is 13.1. The first-order chi connectivity index (χ1) is 8.65. The number of carbonyl (C=O) groups is 1. The van der Waals surface area contributed by atoms with Gasteiger partial charge in [0, 0.05) is 12.1 Å². The molecule has 0 amide bonds. The highest BCUT2D eigenvalue weighted by Crippen LogP contribution is 2.35. The number of methoxy groups -OCH3 is 2. The molecule has 1 aromatic rings. The van der Waals surface area contributed by atoms with Gasteiger partial charge in [-0.2, -0.15) is 0 Å². The zero-order valence-electron chi connectivity index (χ0n) is 10.5. The van der Waals surface area contributed by atoms with Crippen LogP contribution in [0.4, 0.5) is 5.69 Å². The van der Waals surface area contributed by atoms with Crippen LogP contribution in [0, 0.1) is 5.92 Å². The SMILES string of the molecule is COc1ccc(NC2CCC2C(=O)O)c(OC)c1. The van der Waals surface area contributed by atoms with Gasteiger partial charge in [0.2, 0.25) is 0 Å². The number of aliphatic carboxylic acids is 1. The molecule has 0 heterocycles. The fourth-order valence-electron chi connectivity index (χ4n) is 2.09. The van der Waals surface area contributed by atoms with Crippen LogP contribution in [0.3, 0.4) is 0 Å². The molecule has 0 saturated heterocycles. The lowest BCUT2D eigenvalue weighted by atomic mass is 9.79. The standard InChI is InChI=1S/C13H17NO4/c1-17-8-3-5-11(12(7-8)18-2)14-10-6-4-9(10)13(15)16/h3,5,7,9-10,14H,4,6H2,1-2H3,(H,15,16). The number of carboxylic acids is 1. The first-order valence-electron chi connectivity index (χ1n) is 5.87. The summed E-state index contributed by atoms with van der Waals surface area (Å²) in [5, 5.41) is 12.2. The van der Waals surface area contributed by atoms with Crippen LogP contribution in [0.5, 0.6) is 11.5 Å². The number of ether oxygens (including phenoxy) is 2. The van der Waals surface area contributed by atoms with Gasteiger partial charge in [-0.25, -0.2) is 0 Å². The van der Waals surface area contributed by atoms with Crippen LogP contribution in [0.15, 0.2) is 18.2 Å². The van der Waals surface area contributed by atoms with Gasteiger partial charge in [0.1, 0.15) is 11.5 Å². The van der Waals surface area contributed by atoms with Crippen molar-refractivity contribution in [3.8, 4) is 11.5 Å². The molecule has 2 N–H and O–H groups in total. The van der Waals surface area contributed by atoms with Crippen LogP contribution in [0.2, 0.25) is 0 Å². The smallest absolute Gasteiger partial charge is 0.308 e. The summed E-state index contributed by atoms with van der Waals surface area (Å²) in [6, 6.07) is 5.41. The lowest BCUT2D eigenvalue weighted by Gasteiger charge is -2.35. The van der Waals surface area contributed by atoms with E-state index in [2.05, 4.69) is 5.32 Å². The number of benzene rings is 1. The van der Waals surface area contributed by atoms with E-state index in [-0.39, 0.29) is 12.0 Å². The average molecular weight is 251 g/mol. The fraction of sp³-hybridized carbons (Fsp3) is 0.462. The third-order valence-electron chi connectivity index (χ3n) is 3.34. The number of anilines is 1. The highest BCUT2D eigenvalue weighted by molar-refractivity contribution is 5.73. The van der Waals surface area contributed by atoms with E-state index < -0.39 is 5.97 Å². The van der Waals surface area contributed by atoms with E-state index in [0.29, 0.717) is 11.5 Å². The van der Waals surface area contributed by atoms with E-state index in [1.807, 2.05) is 12.1 Å². The quantitative estimate of drug-likeness (QED) is 0.837. The van der Waals surface area contributed by atoms with Crippen molar-refractivity contribution in [3.05, 3.63) is 18.2 Å². The van der Waals surface area contributed by atoms with Gasteiger partial charge in [-0.05, 0) is 25.0 Å². The largest absolute Gasteiger partial charge is 0.497 e. The molecule has 2 unspecified atom stereocenters. The van der Waals surface area contributed by atoms with Crippen molar-refractivity contribution in [1.29, 1.82) is 0 Å². The highest BCUT2D eigenvalue weighted by Gasteiger charge is 2.36. The Balaban J connectivity index is 2.11. The molecule has 2 rings (SSSR count). The second-order valence-corrected chi connectivity index (χ2v) is 4.34. The Bertz CT molecular complexity index is 447. The minimum atomic E-state index is -0.744. The van der Waals surface area contributed by atoms with Crippen molar-refractivity contribution >= 4 is 11.7 Å². The van der Waals surface area contributed by atoms with Crippen molar-refractivity contribution in [2.24, 2.45) is 5.92 Å². The summed E-state index contributed by atoms with van der Waals surface area (Å²) < 4.78 is 10.4. The number of hydrogen-bond acceptors (Lipinski definition) is 4. The summed E-state index contributed by atoms with van der Waals surface area (Å²) in [6.07, 6.45) is 1.59. The van der Waals surface area contributed by atoms with Crippen LogP contribution in [-0.2, 0) is 4.79 Å². The molecule has 1 fully saturated rings. The predicted octanol–water partition coefficient (Wildman–Crippen LogP) is 1.98. The van der Waals surface area contributed by atoms with Gasteiger partial charge in [-0.1, -0.05) is 0 Å². The Hall–Kier alpha value is -1.91. The molecule has 5 nitrogen and oxygen atoms in total. The topological polar surface area (TPSA) is 67.8 Å². The second-order valence-electron chi connectivity index (χ2n) is 4.34. The van der Waals surface area contributed by atoms with Gasteiger partial charge < -0.3 is 19.9 Å². The normalized spacial score (nSPS) is 21.9. The first kappa shape index (κ1) is 12.5. The minimum absolute atomic E-state index is 0.0233. The molecule has 0 spiro atoms. The van der Waals surface area contributed by atoms with Crippen LogP contribution >= 0.6 is 0 Å². The zero-order valence-corrected chi connectivity index (χ0v) is 10.5. The molecular weight excluding hydrogens is 234 g/mol. The second kappa shape index (κ2) is 5.16. The van der Waals surface area contributed by atoms with E-state index in [9.17, 15) is 4.79 Å².